The van der Waals surface area contributed by atoms with Gasteiger partial charge >= 0.3 is 0 Å². The number of nitrogens with one attached hydrogen (secondary N) is 3. The van der Waals surface area contributed by atoms with Crippen LogP contribution < -0.4 is 15.4 Å². The van der Waals surface area contributed by atoms with Crippen LogP contribution in [0.15, 0.2) is 47.5 Å². The van der Waals surface area contributed by atoms with Crippen molar-refractivity contribution in [3.63, 3.8) is 0 Å². The lowest BCUT2D eigenvalue weighted by Gasteiger charge is -2.37. The third-order valence-electron chi connectivity index (χ3n) is 9.01. The number of aryl methyl sites for hydroxylation is 1. The molecule has 2 aromatic heterocycles. The van der Waals surface area contributed by atoms with Crippen LogP contribution in [0.2, 0.25) is 0 Å². The quantitative estimate of drug-likeness (QED) is 0.139. The van der Waals surface area contributed by atoms with E-state index in [2.05, 4.69) is 51.1 Å². The highest BCUT2D eigenvalue weighted by molar-refractivity contribution is 7.89. The highest BCUT2D eigenvalue weighted by atomic mass is 32.2. The van der Waals surface area contributed by atoms with Gasteiger partial charge in [0.25, 0.3) is 0 Å². The zero-order valence-corrected chi connectivity index (χ0v) is 29.6. The molecule has 0 radical (unpaired) electrons. The van der Waals surface area contributed by atoms with Crippen LogP contribution in [0.1, 0.15) is 65.7 Å². The van der Waals surface area contributed by atoms with E-state index in [4.69, 9.17) is 4.74 Å². The molecule has 0 saturated heterocycles. The van der Waals surface area contributed by atoms with Crippen LogP contribution in [0.5, 0.6) is 0 Å². The summed E-state index contributed by atoms with van der Waals surface area (Å²) in [7, 11) is -3.86. The number of anilines is 2. The van der Waals surface area contributed by atoms with Gasteiger partial charge in [-0.25, -0.2) is 36.9 Å². The number of ether oxygens (including phenoxy) is 1. The number of carbonyl (C=O) groups is 1. The second-order valence-corrected chi connectivity index (χ2v) is 15.2. The Balaban J connectivity index is 1.16. The van der Waals surface area contributed by atoms with Crippen LogP contribution >= 0.6 is 0 Å². The van der Waals surface area contributed by atoms with Gasteiger partial charge in [0.05, 0.1) is 22.7 Å². The number of amides is 1. The molecule has 264 valence electrons. The lowest BCUT2D eigenvalue weighted by atomic mass is 9.75. The Labute approximate surface area is 286 Å². The molecule has 11 nitrogen and oxygen atoms in total. The van der Waals surface area contributed by atoms with Crippen LogP contribution in [0.25, 0.3) is 22.3 Å². The number of rotatable bonds is 13. The van der Waals surface area contributed by atoms with E-state index >= 15 is 4.39 Å². The molecule has 1 aliphatic rings. The van der Waals surface area contributed by atoms with Crippen LogP contribution in [0, 0.1) is 36.3 Å². The topological polar surface area (TPSA) is 140 Å². The molecule has 0 unspecified atom stereocenters. The molecule has 1 saturated carbocycles. The lowest BCUT2D eigenvalue weighted by molar-refractivity contribution is -0.131. The van der Waals surface area contributed by atoms with Gasteiger partial charge in [-0.2, -0.15) is 0 Å². The van der Waals surface area contributed by atoms with Crippen LogP contribution in [-0.2, 0) is 19.6 Å². The van der Waals surface area contributed by atoms with Gasteiger partial charge in [-0.05, 0) is 87.8 Å². The SMILES string of the molecule is Cc1nc2c(F)cc(-c3nc(Nc4ccc(S(=O)(=O)NCCNC(=O)CO[C@@H]5C[C@H](C)CC[C@H]5C(C)C)cc4)ncc3F)cc2n1C(C)C. The number of halogens is 2. The van der Waals surface area contributed by atoms with Gasteiger partial charge in [0.15, 0.2) is 11.6 Å². The minimum Gasteiger partial charge on any atom is -0.368 e. The summed E-state index contributed by atoms with van der Waals surface area (Å²) in [5, 5.41) is 5.65. The average Bonchev–Trinajstić information content (AvgIpc) is 3.39. The summed E-state index contributed by atoms with van der Waals surface area (Å²) in [5.41, 5.74) is 1.31. The molecule has 1 aliphatic carbocycles. The Morgan fingerprint density at radius 1 is 1.04 bits per heavy atom. The number of carbonyl (C=O) groups excluding carboxylic acids is 1. The molecule has 1 fully saturated rings. The summed E-state index contributed by atoms with van der Waals surface area (Å²) in [4.78, 5) is 25.0. The highest BCUT2D eigenvalue weighted by Crippen LogP contribution is 2.35. The van der Waals surface area contributed by atoms with Crippen molar-refractivity contribution in [2.45, 2.75) is 77.8 Å². The number of imidazole rings is 1. The van der Waals surface area contributed by atoms with Gasteiger partial charge in [-0.1, -0.05) is 27.2 Å². The van der Waals surface area contributed by atoms with Crippen LogP contribution in [0.3, 0.4) is 0 Å². The minimum atomic E-state index is -3.86. The minimum absolute atomic E-state index is 0.000732. The van der Waals surface area contributed by atoms with Crippen molar-refractivity contribution in [2.24, 2.45) is 17.8 Å². The number of nitrogens with zero attached hydrogens (tertiary/aromatic N) is 4. The van der Waals surface area contributed by atoms with Gasteiger partial charge in [-0.15, -0.1) is 0 Å². The number of hydrogen-bond acceptors (Lipinski definition) is 8. The first-order chi connectivity index (χ1) is 23.2. The first kappa shape index (κ1) is 36.3. The molecule has 0 spiro atoms. The lowest BCUT2D eigenvalue weighted by Crippen LogP contribution is -2.39. The van der Waals surface area contributed by atoms with Crippen molar-refractivity contribution >= 4 is 38.6 Å². The first-order valence-corrected chi connectivity index (χ1v) is 18.2. The Hall–Kier alpha value is -4.01. The van der Waals surface area contributed by atoms with Crippen molar-refractivity contribution in [2.75, 3.05) is 25.0 Å². The van der Waals surface area contributed by atoms with Crippen LogP contribution in [0.4, 0.5) is 20.4 Å². The average molecular weight is 698 g/mol. The van der Waals surface area contributed by atoms with Crippen molar-refractivity contribution in [3.05, 3.63) is 60.1 Å². The third-order valence-corrected chi connectivity index (χ3v) is 10.5. The Morgan fingerprint density at radius 3 is 2.47 bits per heavy atom. The summed E-state index contributed by atoms with van der Waals surface area (Å²) < 4.78 is 66.0. The maximum atomic E-state index is 15.0. The van der Waals surface area contributed by atoms with E-state index in [1.54, 1.807) is 13.0 Å². The van der Waals surface area contributed by atoms with Crippen molar-refractivity contribution < 1.29 is 26.7 Å². The third kappa shape index (κ3) is 8.60. The fourth-order valence-corrected chi connectivity index (χ4v) is 7.58. The summed E-state index contributed by atoms with van der Waals surface area (Å²) in [6.45, 7) is 12.3. The zero-order valence-electron chi connectivity index (χ0n) is 28.8. The number of hydrogen-bond donors (Lipinski definition) is 3. The molecule has 5 rings (SSSR count). The fraction of sp³-hybridized carbons (Fsp3) is 0.486. The predicted octanol–water partition coefficient (Wildman–Crippen LogP) is 6.28. The van der Waals surface area contributed by atoms with E-state index in [9.17, 15) is 17.6 Å². The number of fused-ring (bicyclic) bond motifs is 1. The second-order valence-electron chi connectivity index (χ2n) is 13.4. The molecule has 1 amide bonds. The molecule has 0 aliphatic heterocycles. The predicted molar refractivity (Wildman–Crippen MR) is 185 cm³/mol. The van der Waals surface area contributed by atoms with E-state index in [0.717, 1.165) is 19.0 Å². The molecule has 3 N–H and O–H groups in total. The van der Waals surface area contributed by atoms with Gasteiger partial charge in [0.1, 0.15) is 23.6 Å². The standard InChI is InChI=1S/C35H45F2N7O4S/c1-20(2)27-12-7-22(5)15-31(27)48-19-32(45)38-13-14-40-49(46,47)26-10-8-25(9-11-26)42-35-39-18-29(37)33(43-35)24-16-28(36)34-30(17-24)44(21(3)4)23(6)41-34/h8-11,16-18,20-22,27,31,40H,7,12-15,19H2,1-6H3,(H,38,45)(H,39,42,43)/t22-,27+,31-/m1/s1. The number of aromatic nitrogens is 4. The second kappa shape index (κ2) is 15.3. The van der Waals surface area contributed by atoms with Crippen molar-refractivity contribution in [1.82, 2.24) is 29.6 Å². The molecule has 2 heterocycles. The van der Waals surface area contributed by atoms with Gasteiger partial charge in [0.2, 0.25) is 21.9 Å². The van der Waals surface area contributed by atoms with E-state index in [1.165, 1.54) is 36.8 Å². The van der Waals surface area contributed by atoms with E-state index in [0.29, 0.717) is 34.8 Å². The summed E-state index contributed by atoms with van der Waals surface area (Å²) >= 11 is 0. The molecule has 49 heavy (non-hydrogen) atoms. The Kier molecular flexibility index (Phi) is 11.3. The monoisotopic (exact) mass is 697 g/mol. The van der Waals surface area contributed by atoms with Crippen LogP contribution in [-0.4, -0.2) is 59.6 Å². The maximum absolute atomic E-state index is 15.0. The van der Waals surface area contributed by atoms with E-state index in [-0.39, 0.29) is 65.4 Å². The van der Waals surface area contributed by atoms with E-state index < -0.39 is 21.7 Å². The fourth-order valence-electron chi connectivity index (χ4n) is 6.54. The molecular formula is C35H45F2N7O4S. The molecule has 3 atom stereocenters. The molecule has 4 aromatic rings. The Bertz CT molecular complexity index is 1900. The van der Waals surface area contributed by atoms with Crippen molar-refractivity contribution in [3.8, 4) is 11.3 Å². The van der Waals surface area contributed by atoms with E-state index in [1.807, 2.05) is 18.4 Å². The molecule has 14 heteroatoms. The van der Waals surface area contributed by atoms with Gasteiger partial charge in [0, 0.05) is 30.4 Å². The summed E-state index contributed by atoms with van der Waals surface area (Å²) in [6, 6.07) is 8.69. The smallest absolute Gasteiger partial charge is 0.246 e. The maximum Gasteiger partial charge on any atom is 0.246 e. The van der Waals surface area contributed by atoms with Gasteiger partial charge in [-0.3, -0.25) is 4.79 Å². The Morgan fingerprint density at radius 2 is 1.78 bits per heavy atom. The number of sulfonamides is 1. The summed E-state index contributed by atoms with van der Waals surface area (Å²) in [5.74, 6) is 0.546. The highest BCUT2D eigenvalue weighted by Gasteiger charge is 2.31. The molecular weight excluding hydrogens is 652 g/mol. The number of benzene rings is 2. The zero-order chi connectivity index (χ0) is 35.5. The van der Waals surface area contributed by atoms with Crippen molar-refractivity contribution in [1.29, 1.82) is 0 Å². The summed E-state index contributed by atoms with van der Waals surface area (Å²) in [6.07, 6.45) is 4.24. The first-order valence-electron chi connectivity index (χ1n) is 16.7. The largest absolute Gasteiger partial charge is 0.368 e. The molecule has 2 aromatic carbocycles. The normalized spacial score (nSPS) is 18.4. The van der Waals surface area contributed by atoms with Gasteiger partial charge < -0.3 is 19.9 Å². The molecule has 0 bridgehead atoms.